The number of piperidine rings is 1. The third-order valence-corrected chi connectivity index (χ3v) is 8.74. The Hall–Kier alpha value is -3.19. The van der Waals surface area contributed by atoms with Gasteiger partial charge in [-0.1, -0.05) is 49.9 Å². The van der Waals surface area contributed by atoms with Gasteiger partial charge in [0.25, 0.3) is 0 Å². The van der Waals surface area contributed by atoms with E-state index in [2.05, 4.69) is 56.2 Å². The number of likely N-dealkylation sites (tertiary alicyclic amines) is 1. The quantitative estimate of drug-likeness (QED) is 0.438. The number of anilines is 1. The van der Waals surface area contributed by atoms with E-state index in [1.165, 1.54) is 43.2 Å². The summed E-state index contributed by atoms with van der Waals surface area (Å²) in [4.78, 5) is 40.2. The first-order valence-electron chi connectivity index (χ1n) is 15.3. The van der Waals surface area contributed by atoms with Crippen LogP contribution in [-0.4, -0.2) is 63.8 Å². The van der Waals surface area contributed by atoms with Crippen molar-refractivity contribution in [3.05, 3.63) is 59.4 Å². The molecular weight excluding hydrogens is 498 g/mol. The number of benzene rings is 2. The Labute approximate surface area is 238 Å². The van der Waals surface area contributed by atoms with Gasteiger partial charge in [0.1, 0.15) is 5.82 Å². The Morgan fingerprint density at radius 1 is 0.925 bits per heavy atom. The molecule has 5 rings (SSSR count). The number of rotatable bonds is 4. The number of hydrogen-bond donors (Lipinski definition) is 1. The van der Waals surface area contributed by atoms with E-state index in [1.807, 2.05) is 17.9 Å². The molecule has 1 fully saturated rings. The van der Waals surface area contributed by atoms with Crippen LogP contribution in [-0.2, 0) is 22.6 Å². The van der Waals surface area contributed by atoms with E-state index in [9.17, 15) is 9.59 Å². The minimum Gasteiger partial charge on any atom is -0.343 e. The van der Waals surface area contributed by atoms with Crippen molar-refractivity contribution >= 4 is 28.5 Å². The van der Waals surface area contributed by atoms with Gasteiger partial charge in [-0.25, -0.2) is 4.98 Å². The molecule has 2 aromatic carbocycles. The molecule has 1 N–H and O–H groups in total. The number of hydrogen-bond acceptors (Lipinski definition) is 4. The average molecular weight is 544 g/mol. The Morgan fingerprint density at radius 2 is 1.65 bits per heavy atom. The number of fused-ring (bicyclic) bond motifs is 2. The highest BCUT2D eigenvalue weighted by atomic mass is 16.2. The van der Waals surface area contributed by atoms with E-state index in [-0.39, 0.29) is 11.8 Å². The SMILES string of the molecule is CC(=O)N1CCCCCCCCN(C2CCN(C(=O)CCc3ccc4nc(C)[nH]c4c3)CC2)Cc2ccccc21. The van der Waals surface area contributed by atoms with Crippen molar-refractivity contribution in [2.75, 3.05) is 31.1 Å². The van der Waals surface area contributed by atoms with Gasteiger partial charge in [-0.3, -0.25) is 14.5 Å². The topological polar surface area (TPSA) is 72.5 Å². The summed E-state index contributed by atoms with van der Waals surface area (Å²) in [6, 6.07) is 15.2. The number of amides is 2. The van der Waals surface area contributed by atoms with Crippen molar-refractivity contribution in [3.63, 3.8) is 0 Å². The Balaban J connectivity index is 1.21. The number of aromatic nitrogens is 2. The Morgan fingerprint density at radius 3 is 2.42 bits per heavy atom. The second kappa shape index (κ2) is 13.4. The van der Waals surface area contributed by atoms with E-state index in [1.54, 1.807) is 6.92 Å². The summed E-state index contributed by atoms with van der Waals surface area (Å²) in [6.07, 6.45) is 10.5. The van der Waals surface area contributed by atoms with E-state index in [0.29, 0.717) is 12.5 Å². The maximum Gasteiger partial charge on any atom is 0.223 e. The van der Waals surface area contributed by atoms with Crippen LogP contribution in [0.4, 0.5) is 5.69 Å². The van der Waals surface area contributed by atoms with Gasteiger partial charge in [-0.2, -0.15) is 0 Å². The van der Waals surface area contributed by atoms with Gasteiger partial charge in [0.15, 0.2) is 0 Å². The van der Waals surface area contributed by atoms with E-state index < -0.39 is 0 Å². The molecular formula is C33H45N5O2. The largest absolute Gasteiger partial charge is 0.343 e. The molecule has 0 atom stereocenters. The average Bonchev–Trinajstić information content (AvgIpc) is 3.34. The molecule has 0 saturated carbocycles. The van der Waals surface area contributed by atoms with Crippen molar-refractivity contribution in [2.24, 2.45) is 0 Å². The second-order valence-electron chi connectivity index (χ2n) is 11.7. The molecule has 1 saturated heterocycles. The lowest BCUT2D eigenvalue weighted by atomic mass is 10.00. The first-order chi connectivity index (χ1) is 19.5. The molecule has 3 aromatic rings. The van der Waals surface area contributed by atoms with Crippen LogP contribution in [0.1, 0.15) is 81.7 Å². The van der Waals surface area contributed by atoms with Gasteiger partial charge in [0, 0.05) is 51.3 Å². The lowest BCUT2D eigenvalue weighted by Gasteiger charge is -2.39. The number of aromatic amines is 1. The molecule has 7 nitrogen and oxygen atoms in total. The van der Waals surface area contributed by atoms with Crippen LogP contribution in [0.25, 0.3) is 11.0 Å². The molecule has 2 amide bonds. The molecule has 0 bridgehead atoms. The summed E-state index contributed by atoms with van der Waals surface area (Å²) < 4.78 is 0. The summed E-state index contributed by atoms with van der Waals surface area (Å²) in [6.45, 7) is 8.02. The molecule has 2 aliphatic heterocycles. The van der Waals surface area contributed by atoms with Crippen molar-refractivity contribution in [1.82, 2.24) is 19.8 Å². The number of para-hydroxylation sites is 1. The molecule has 0 unspecified atom stereocenters. The van der Waals surface area contributed by atoms with Crippen molar-refractivity contribution < 1.29 is 9.59 Å². The van der Waals surface area contributed by atoms with Crippen LogP contribution in [0.15, 0.2) is 42.5 Å². The number of nitrogens with one attached hydrogen (secondary N) is 1. The minimum atomic E-state index is 0.125. The summed E-state index contributed by atoms with van der Waals surface area (Å²) >= 11 is 0. The number of imidazole rings is 1. The van der Waals surface area contributed by atoms with E-state index in [0.717, 1.165) is 81.0 Å². The number of carbonyl (C=O) groups excluding carboxylic acids is 2. The molecule has 0 spiro atoms. The van der Waals surface area contributed by atoms with Crippen molar-refractivity contribution in [3.8, 4) is 0 Å². The normalized spacial score (nSPS) is 18.6. The highest BCUT2D eigenvalue weighted by Crippen LogP contribution is 2.27. The highest BCUT2D eigenvalue weighted by Gasteiger charge is 2.28. The molecule has 40 heavy (non-hydrogen) atoms. The van der Waals surface area contributed by atoms with Gasteiger partial charge in [0.2, 0.25) is 11.8 Å². The number of aryl methyl sites for hydroxylation is 2. The number of nitrogens with zero attached hydrogens (tertiary/aromatic N) is 4. The van der Waals surface area contributed by atoms with Crippen LogP contribution >= 0.6 is 0 Å². The van der Waals surface area contributed by atoms with Gasteiger partial charge in [0.05, 0.1) is 11.0 Å². The number of H-pyrrole nitrogens is 1. The molecule has 214 valence electrons. The van der Waals surface area contributed by atoms with Crippen LogP contribution in [0.2, 0.25) is 0 Å². The van der Waals surface area contributed by atoms with Crippen LogP contribution in [0, 0.1) is 6.92 Å². The fourth-order valence-corrected chi connectivity index (χ4v) is 6.49. The molecule has 7 heteroatoms. The lowest BCUT2D eigenvalue weighted by Crippen LogP contribution is -2.47. The molecule has 0 aliphatic carbocycles. The standard InChI is InChI=1S/C33H45N5O2/c1-25-34-30-15-13-27(23-31(30)35-25)14-16-33(40)36-21-17-29(18-22-36)37-19-9-5-3-4-6-10-20-38(26(2)39)32-12-8-7-11-28(32)24-37/h7-8,11-13,15,23,29H,3-6,9-10,14,16-22,24H2,1-2H3,(H,34,35). The van der Waals surface area contributed by atoms with E-state index in [4.69, 9.17) is 0 Å². The van der Waals surface area contributed by atoms with Crippen LogP contribution in [0.3, 0.4) is 0 Å². The molecule has 0 radical (unpaired) electrons. The first kappa shape index (κ1) is 28.3. The highest BCUT2D eigenvalue weighted by molar-refractivity contribution is 5.92. The zero-order valence-electron chi connectivity index (χ0n) is 24.3. The third-order valence-electron chi connectivity index (χ3n) is 8.74. The smallest absolute Gasteiger partial charge is 0.223 e. The molecule has 1 aromatic heterocycles. The predicted octanol–water partition coefficient (Wildman–Crippen LogP) is 6.00. The van der Waals surface area contributed by atoms with Crippen molar-refractivity contribution in [2.45, 2.75) is 90.6 Å². The second-order valence-corrected chi connectivity index (χ2v) is 11.7. The summed E-state index contributed by atoms with van der Waals surface area (Å²) in [5, 5.41) is 0. The monoisotopic (exact) mass is 543 g/mol. The fraction of sp³-hybridized carbons (Fsp3) is 0.545. The molecule has 2 aliphatic rings. The fourth-order valence-electron chi connectivity index (χ4n) is 6.49. The maximum absolute atomic E-state index is 13.1. The van der Waals surface area contributed by atoms with Crippen LogP contribution in [0.5, 0.6) is 0 Å². The Bertz CT molecular complexity index is 1290. The zero-order chi connectivity index (χ0) is 27.9. The number of carbonyl (C=O) groups is 2. The lowest BCUT2D eigenvalue weighted by molar-refractivity contribution is -0.132. The van der Waals surface area contributed by atoms with Gasteiger partial charge in [-0.15, -0.1) is 0 Å². The minimum absolute atomic E-state index is 0.125. The predicted molar refractivity (Wildman–Crippen MR) is 161 cm³/mol. The summed E-state index contributed by atoms with van der Waals surface area (Å²) in [7, 11) is 0. The van der Waals surface area contributed by atoms with E-state index >= 15 is 0 Å². The van der Waals surface area contributed by atoms with Gasteiger partial charge in [-0.05, 0) is 74.9 Å². The van der Waals surface area contributed by atoms with Gasteiger partial charge >= 0.3 is 0 Å². The van der Waals surface area contributed by atoms with Crippen molar-refractivity contribution in [1.29, 1.82) is 0 Å². The molecule has 3 heterocycles. The first-order valence-corrected chi connectivity index (χ1v) is 15.3. The van der Waals surface area contributed by atoms with Crippen LogP contribution < -0.4 is 4.90 Å². The zero-order valence-corrected chi connectivity index (χ0v) is 24.3. The maximum atomic E-state index is 13.1. The Kier molecular flexibility index (Phi) is 9.53. The van der Waals surface area contributed by atoms with Gasteiger partial charge < -0.3 is 14.8 Å². The summed E-state index contributed by atoms with van der Waals surface area (Å²) in [5.41, 5.74) is 5.49. The summed E-state index contributed by atoms with van der Waals surface area (Å²) in [5.74, 6) is 1.30. The third kappa shape index (κ3) is 7.11.